The van der Waals surface area contributed by atoms with Crippen LogP contribution in [0, 0.1) is 0 Å². The lowest BCUT2D eigenvalue weighted by Gasteiger charge is -2.29. The highest BCUT2D eigenvalue weighted by Gasteiger charge is 2.24. The predicted octanol–water partition coefficient (Wildman–Crippen LogP) is 2.31. The molecule has 0 fully saturated rings. The highest BCUT2D eigenvalue weighted by molar-refractivity contribution is 5.75. The molecular formula is C15H23N3O. The summed E-state index contributed by atoms with van der Waals surface area (Å²) in [6.45, 7) is 9.47. The summed E-state index contributed by atoms with van der Waals surface area (Å²) in [5, 5.41) is 13.1. The standard InChI is InChI=1S/C15H23N3O/c1-5-18-13-9-7-6-8-12(13)17-14(18)10-16-15(3,4)11(2)19/h6-9,11,16,19H,5,10H2,1-4H3. The molecule has 1 aromatic carbocycles. The molecule has 104 valence electrons. The van der Waals surface area contributed by atoms with Crippen LogP contribution in [0.5, 0.6) is 0 Å². The van der Waals surface area contributed by atoms with E-state index in [-0.39, 0.29) is 5.54 Å². The van der Waals surface area contributed by atoms with E-state index in [1.54, 1.807) is 6.92 Å². The largest absolute Gasteiger partial charge is 0.392 e. The Kier molecular flexibility index (Phi) is 3.92. The average Bonchev–Trinajstić information content (AvgIpc) is 2.73. The van der Waals surface area contributed by atoms with Crippen LogP contribution in [0.1, 0.15) is 33.5 Å². The number of aliphatic hydroxyl groups is 1. The molecule has 2 N–H and O–H groups in total. The summed E-state index contributed by atoms with van der Waals surface area (Å²) in [6, 6.07) is 8.17. The first kappa shape index (κ1) is 14.0. The molecule has 0 aliphatic heterocycles. The highest BCUT2D eigenvalue weighted by atomic mass is 16.3. The third-order valence-corrected chi connectivity index (χ3v) is 3.80. The molecule has 0 spiro atoms. The minimum absolute atomic E-state index is 0.323. The van der Waals surface area contributed by atoms with E-state index in [9.17, 15) is 5.11 Å². The summed E-state index contributed by atoms with van der Waals surface area (Å²) in [6.07, 6.45) is -0.410. The van der Waals surface area contributed by atoms with E-state index in [4.69, 9.17) is 0 Å². The number of para-hydroxylation sites is 2. The zero-order valence-electron chi connectivity index (χ0n) is 12.1. The number of aromatic nitrogens is 2. The number of nitrogens with one attached hydrogen (secondary N) is 1. The number of nitrogens with zero attached hydrogens (tertiary/aromatic N) is 2. The van der Waals surface area contributed by atoms with E-state index in [0.717, 1.165) is 23.4 Å². The molecule has 0 aliphatic rings. The van der Waals surface area contributed by atoms with E-state index < -0.39 is 6.10 Å². The van der Waals surface area contributed by atoms with E-state index in [1.165, 1.54) is 0 Å². The van der Waals surface area contributed by atoms with Gasteiger partial charge in [-0.3, -0.25) is 0 Å². The van der Waals surface area contributed by atoms with Crippen molar-refractivity contribution in [1.29, 1.82) is 0 Å². The topological polar surface area (TPSA) is 50.1 Å². The van der Waals surface area contributed by atoms with Crippen molar-refractivity contribution in [2.45, 2.75) is 52.4 Å². The van der Waals surface area contributed by atoms with Crippen LogP contribution >= 0.6 is 0 Å². The third-order valence-electron chi connectivity index (χ3n) is 3.80. The maximum Gasteiger partial charge on any atom is 0.123 e. The van der Waals surface area contributed by atoms with Crippen LogP contribution in [0.3, 0.4) is 0 Å². The molecular weight excluding hydrogens is 238 g/mol. The van der Waals surface area contributed by atoms with Gasteiger partial charge in [0.15, 0.2) is 0 Å². The lowest BCUT2D eigenvalue weighted by molar-refractivity contribution is 0.0949. The molecule has 2 rings (SSSR count). The quantitative estimate of drug-likeness (QED) is 0.868. The van der Waals surface area contributed by atoms with Gasteiger partial charge in [0, 0.05) is 12.1 Å². The smallest absolute Gasteiger partial charge is 0.123 e. The van der Waals surface area contributed by atoms with Gasteiger partial charge in [0.2, 0.25) is 0 Å². The third kappa shape index (κ3) is 2.80. The number of hydrogen-bond donors (Lipinski definition) is 2. The number of aliphatic hydroxyl groups excluding tert-OH is 1. The number of fused-ring (bicyclic) bond motifs is 1. The number of rotatable bonds is 5. The normalized spacial score (nSPS) is 13.9. The van der Waals surface area contributed by atoms with E-state index in [0.29, 0.717) is 6.54 Å². The van der Waals surface area contributed by atoms with Gasteiger partial charge in [0.05, 0.1) is 23.7 Å². The van der Waals surface area contributed by atoms with E-state index in [1.807, 2.05) is 32.0 Å². The van der Waals surface area contributed by atoms with E-state index in [2.05, 4.69) is 27.9 Å². The SMILES string of the molecule is CCn1c(CNC(C)(C)C(C)O)nc2ccccc21. The van der Waals surface area contributed by atoms with Crippen molar-refractivity contribution >= 4 is 11.0 Å². The Labute approximate surface area is 114 Å². The number of benzene rings is 1. The van der Waals surface area contributed by atoms with Crippen LogP contribution in [0.4, 0.5) is 0 Å². The van der Waals surface area contributed by atoms with Crippen LogP contribution in [0.2, 0.25) is 0 Å². The van der Waals surface area contributed by atoms with Crippen LogP contribution in [0.15, 0.2) is 24.3 Å². The summed E-state index contributed by atoms with van der Waals surface area (Å²) in [5.41, 5.74) is 1.86. The van der Waals surface area contributed by atoms with Gasteiger partial charge in [0.25, 0.3) is 0 Å². The molecule has 0 amide bonds. The lowest BCUT2D eigenvalue weighted by Crippen LogP contribution is -2.48. The molecule has 0 saturated heterocycles. The molecule has 1 unspecified atom stereocenters. The van der Waals surface area contributed by atoms with Crippen molar-refractivity contribution in [3.8, 4) is 0 Å². The summed E-state index contributed by atoms with van der Waals surface area (Å²) >= 11 is 0. The molecule has 4 nitrogen and oxygen atoms in total. The van der Waals surface area contributed by atoms with Gasteiger partial charge in [0.1, 0.15) is 5.82 Å². The molecule has 1 atom stereocenters. The Hall–Kier alpha value is -1.39. The van der Waals surface area contributed by atoms with Crippen LogP contribution in [-0.4, -0.2) is 26.3 Å². The van der Waals surface area contributed by atoms with Crippen LogP contribution in [0.25, 0.3) is 11.0 Å². The monoisotopic (exact) mass is 261 g/mol. The van der Waals surface area contributed by atoms with Crippen molar-refractivity contribution < 1.29 is 5.11 Å². The summed E-state index contributed by atoms with van der Waals surface area (Å²) in [5.74, 6) is 1.01. The first-order valence-electron chi connectivity index (χ1n) is 6.83. The lowest BCUT2D eigenvalue weighted by atomic mass is 9.99. The minimum atomic E-state index is -0.410. The van der Waals surface area contributed by atoms with Crippen molar-refractivity contribution in [2.75, 3.05) is 0 Å². The average molecular weight is 261 g/mol. The maximum atomic E-state index is 9.73. The fourth-order valence-corrected chi connectivity index (χ4v) is 2.07. The fourth-order valence-electron chi connectivity index (χ4n) is 2.07. The molecule has 19 heavy (non-hydrogen) atoms. The minimum Gasteiger partial charge on any atom is -0.392 e. The van der Waals surface area contributed by atoms with Gasteiger partial charge in [-0.25, -0.2) is 4.98 Å². The molecule has 2 aromatic rings. The molecule has 1 heterocycles. The van der Waals surface area contributed by atoms with Crippen LogP contribution < -0.4 is 5.32 Å². The van der Waals surface area contributed by atoms with Crippen LogP contribution in [-0.2, 0) is 13.1 Å². The van der Waals surface area contributed by atoms with Crippen molar-refractivity contribution in [3.05, 3.63) is 30.1 Å². The Morgan fingerprint density at radius 1 is 1.37 bits per heavy atom. The molecule has 0 aliphatic carbocycles. The Morgan fingerprint density at radius 2 is 2.05 bits per heavy atom. The van der Waals surface area contributed by atoms with Gasteiger partial charge in [-0.15, -0.1) is 0 Å². The molecule has 1 aromatic heterocycles. The molecule has 0 saturated carbocycles. The summed E-state index contributed by atoms with van der Waals surface area (Å²) < 4.78 is 2.21. The van der Waals surface area contributed by atoms with Crippen molar-refractivity contribution in [1.82, 2.24) is 14.9 Å². The van der Waals surface area contributed by atoms with E-state index >= 15 is 0 Å². The second kappa shape index (κ2) is 5.31. The van der Waals surface area contributed by atoms with Gasteiger partial charge in [-0.2, -0.15) is 0 Å². The second-order valence-electron chi connectivity index (χ2n) is 5.51. The summed E-state index contributed by atoms with van der Waals surface area (Å²) in [4.78, 5) is 4.66. The second-order valence-corrected chi connectivity index (χ2v) is 5.51. The molecule has 0 bridgehead atoms. The zero-order chi connectivity index (χ0) is 14.0. The van der Waals surface area contributed by atoms with Gasteiger partial charge in [-0.1, -0.05) is 12.1 Å². The number of aryl methyl sites for hydroxylation is 1. The Morgan fingerprint density at radius 3 is 2.68 bits per heavy atom. The Bertz CT molecular complexity index is 558. The first-order chi connectivity index (χ1) is 8.95. The number of hydrogen-bond acceptors (Lipinski definition) is 3. The van der Waals surface area contributed by atoms with Crippen molar-refractivity contribution in [2.24, 2.45) is 0 Å². The number of imidazole rings is 1. The Balaban J connectivity index is 2.26. The van der Waals surface area contributed by atoms with Gasteiger partial charge < -0.3 is 15.0 Å². The van der Waals surface area contributed by atoms with Gasteiger partial charge in [-0.05, 0) is 39.8 Å². The zero-order valence-corrected chi connectivity index (χ0v) is 12.1. The highest BCUT2D eigenvalue weighted by Crippen LogP contribution is 2.17. The maximum absolute atomic E-state index is 9.73. The molecule has 4 heteroatoms. The first-order valence-corrected chi connectivity index (χ1v) is 6.83. The van der Waals surface area contributed by atoms with Crippen molar-refractivity contribution in [3.63, 3.8) is 0 Å². The fraction of sp³-hybridized carbons (Fsp3) is 0.533. The summed E-state index contributed by atoms with van der Waals surface area (Å²) in [7, 11) is 0. The predicted molar refractivity (Wildman–Crippen MR) is 78.0 cm³/mol. The van der Waals surface area contributed by atoms with Gasteiger partial charge >= 0.3 is 0 Å². The molecule has 0 radical (unpaired) electrons.